The van der Waals surface area contributed by atoms with Crippen LogP contribution in [0.3, 0.4) is 0 Å². The summed E-state index contributed by atoms with van der Waals surface area (Å²) in [5, 5.41) is 13.6. The number of hydrazone groups is 1. The first-order valence-electron chi connectivity index (χ1n) is 11.8. The molecule has 0 heterocycles. The highest BCUT2D eigenvalue weighted by Gasteiger charge is 2.27. The van der Waals surface area contributed by atoms with E-state index >= 15 is 0 Å². The van der Waals surface area contributed by atoms with Gasteiger partial charge in [-0.3, -0.25) is 9.10 Å². The second-order valence-electron chi connectivity index (χ2n) is 8.50. The third kappa shape index (κ3) is 6.34. The van der Waals surface area contributed by atoms with Gasteiger partial charge in [0.1, 0.15) is 0 Å². The number of nitrogens with one attached hydrogen (secondary N) is 1. The van der Waals surface area contributed by atoms with Crippen LogP contribution in [-0.2, 0) is 16.6 Å². The van der Waals surface area contributed by atoms with Gasteiger partial charge in [0.05, 0.1) is 28.9 Å². The fraction of sp³-hybridized carbons (Fsp3) is 0.0690. The van der Waals surface area contributed by atoms with Gasteiger partial charge in [0.2, 0.25) is 0 Å². The molecule has 0 unspecified atom stereocenters. The van der Waals surface area contributed by atoms with E-state index in [0.717, 1.165) is 0 Å². The lowest BCUT2D eigenvalue weighted by molar-refractivity contribution is 0.0696. The maximum atomic E-state index is 13.6. The van der Waals surface area contributed by atoms with Crippen LogP contribution in [0.1, 0.15) is 37.4 Å². The number of nitrogens with zero attached hydrogens (tertiary/aromatic N) is 2. The zero-order valence-corrected chi connectivity index (χ0v) is 22.4. The summed E-state index contributed by atoms with van der Waals surface area (Å²) in [6.07, 6.45) is 1.26. The van der Waals surface area contributed by atoms with E-state index < -0.39 is 21.9 Å². The van der Waals surface area contributed by atoms with Crippen LogP contribution >= 0.6 is 11.6 Å². The van der Waals surface area contributed by atoms with Gasteiger partial charge in [-0.15, -0.1) is 0 Å². The number of rotatable bonds is 9. The third-order valence-corrected chi connectivity index (χ3v) is 8.13. The minimum absolute atomic E-state index is 0.00440. The molecular formula is C29H24ClN3O5S. The molecule has 198 valence electrons. The molecule has 0 atom stereocenters. The molecule has 0 bridgehead atoms. The van der Waals surface area contributed by atoms with Gasteiger partial charge in [0, 0.05) is 16.1 Å². The Kier molecular flexibility index (Phi) is 8.43. The predicted octanol–water partition coefficient (Wildman–Crippen LogP) is 5.51. The Labute approximate surface area is 231 Å². The molecule has 0 saturated heterocycles. The van der Waals surface area contributed by atoms with Crippen molar-refractivity contribution in [1.82, 2.24) is 5.43 Å². The van der Waals surface area contributed by atoms with Crippen molar-refractivity contribution < 1.29 is 23.1 Å². The van der Waals surface area contributed by atoms with E-state index in [4.69, 9.17) is 11.6 Å². The Morgan fingerprint density at radius 3 is 2.28 bits per heavy atom. The molecule has 0 saturated carbocycles. The molecule has 0 aliphatic heterocycles. The normalized spacial score (nSPS) is 11.3. The first kappa shape index (κ1) is 27.6. The van der Waals surface area contributed by atoms with Crippen LogP contribution < -0.4 is 9.73 Å². The summed E-state index contributed by atoms with van der Waals surface area (Å²) >= 11 is 6.31. The standard InChI is InChI=1S/C29H24ClN3O5S/c1-20-26(30)12-7-13-27(20)33(39(37,38)24-9-3-2-4-10-24)19-21-14-16-22(17-15-21)28(34)32-31-18-23-8-5-6-11-25(23)29(35)36/h2-18H,19H2,1H3,(H,32,34)(H,35,36)/b31-18+. The van der Waals surface area contributed by atoms with Crippen molar-refractivity contribution in [2.24, 2.45) is 5.10 Å². The lowest BCUT2D eigenvalue weighted by Gasteiger charge is -2.26. The average molecular weight is 562 g/mol. The van der Waals surface area contributed by atoms with E-state index in [1.54, 1.807) is 85.8 Å². The van der Waals surface area contributed by atoms with E-state index in [1.807, 2.05) is 0 Å². The molecule has 0 fully saturated rings. The number of carbonyl (C=O) groups excluding carboxylic acids is 1. The first-order valence-corrected chi connectivity index (χ1v) is 13.6. The largest absolute Gasteiger partial charge is 0.478 e. The SMILES string of the molecule is Cc1c(Cl)cccc1N(Cc1ccc(C(=O)N/N=C/c2ccccc2C(=O)O)cc1)S(=O)(=O)c1ccccc1. The van der Waals surface area contributed by atoms with Crippen LogP contribution in [0.25, 0.3) is 0 Å². The molecule has 2 N–H and O–H groups in total. The van der Waals surface area contributed by atoms with Crippen molar-refractivity contribution in [2.75, 3.05) is 4.31 Å². The molecule has 4 aromatic carbocycles. The van der Waals surface area contributed by atoms with Crippen LogP contribution in [0.2, 0.25) is 5.02 Å². The van der Waals surface area contributed by atoms with Gasteiger partial charge < -0.3 is 5.11 Å². The van der Waals surface area contributed by atoms with Gasteiger partial charge in [-0.25, -0.2) is 18.6 Å². The number of aromatic carboxylic acids is 1. The van der Waals surface area contributed by atoms with E-state index in [-0.39, 0.29) is 17.0 Å². The second kappa shape index (κ2) is 11.9. The zero-order chi connectivity index (χ0) is 28.0. The summed E-state index contributed by atoms with van der Waals surface area (Å²) in [5.74, 6) is -1.61. The van der Waals surface area contributed by atoms with Gasteiger partial charge in [0.25, 0.3) is 15.9 Å². The summed E-state index contributed by atoms with van der Waals surface area (Å²) in [6, 6.07) is 25.9. The fourth-order valence-corrected chi connectivity index (χ4v) is 5.54. The smallest absolute Gasteiger partial charge is 0.336 e. The highest BCUT2D eigenvalue weighted by atomic mass is 35.5. The topological polar surface area (TPSA) is 116 Å². The van der Waals surface area contributed by atoms with Crippen LogP contribution in [0.4, 0.5) is 5.69 Å². The Bertz CT molecular complexity index is 1640. The number of carboxylic acids is 1. The van der Waals surface area contributed by atoms with E-state index in [1.165, 1.54) is 28.7 Å². The molecule has 4 aromatic rings. The lowest BCUT2D eigenvalue weighted by atomic mass is 10.1. The summed E-state index contributed by atoms with van der Waals surface area (Å²) in [5.41, 5.74) is 4.78. The number of carbonyl (C=O) groups is 2. The third-order valence-electron chi connectivity index (χ3n) is 5.94. The van der Waals surface area contributed by atoms with Crippen LogP contribution in [0, 0.1) is 6.92 Å². The molecule has 8 nitrogen and oxygen atoms in total. The molecule has 0 radical (unpaired) electrons. The highest BCUT2D eigenvalue weighted by Crippen LogP contribution is 2.32. The molecule has 10 heteroatoms. The quantitative estimate of drug-likeness (QED) is 0.206. The molecule has 0 aromatic heterocycles. The van der Waals surface area contributed by atoms with Crippen molar-refractivity contribution in [3.63, 3.8) is 0 Å². The molecular weight excluding hydrogens is 538 g/mol. The van der Waals surface area contributed by atoms with E-state index in [0.29, 0.717) is 33.0 Å². The van der Waals surface area contributed by atoms with Crippen molar-refractivity contribution in [2.45, 2.75) is 18.4 Å². The molecule has 0 aliphatic carbocycles. The second-order valence-corrected chi connectivity index (χ2v) is 10.8. The zero-order valence-electron chi connectivity index (χ0n) is 20.8. The number of amides is 1. The highest BCUT2D eigenvalue weighted by molar-refractivity contribution is 7.92. The fourth-order valence-electron chi connectivity index (χ4n) is 3.84. The molecule has 39 heavy (non-hydrogen) atoms. The van der Waals surface area contributed by atoms with Crippen molar-refractivity contribution in [3.05, 3.63) is 130 Å². The summed E-state index contributed by atoms with van der Waals surface area (Å²) < 4.78 is 28.6. The Morgan fingerprint density at radius 1 is 0.923 bits per heavy atom. The van der Waals surface area contributed by atoms with Crippen molar-refractivity contribution >= 4 is 45.4 Å². The molecule has 0 aliphatic rings. The Balaban J connectivity index is 1.55. The molecule has 1 amide bonds. The summed E-state index contributed by atoms with van der Waals surface area (Å²) in [4.78, 5) is 24.0. The van der Waals surface area contributed by atoms with Gasteiger partial charge in [-0.2, -0.15) is 5.10 Å². The minimum atomic E-state index is -3.93. The van der Waals surface area contributed by atoms with Gasteiger partial charge >= 0.3 is 5.97 Å². The number of halogens is 1. The lowest BCUT2D eigenvalue weighted by Crippen LogP contribution is -2.31. The number of anilines is 1. The molecule has 4 rings (SSSR count). The van der Waals surface area contributed by atoms with Gasteiger partial charge in [0.15, 0.2) is 0 Å². The number of benzene rings is 4. The first-order chi connectivity index (χ1) is 18.7. The average Bonchev–Trinajstić information content (AvgIpc) is 2.94. The minimum Gasteiger partial charge on any atom is -0.478 e. The van der Waals surface area contributed by atoms with E-state index in [9.17, 15) is 23.1 Å². The van der Waals surface area contributed by atoms with E-state index in [2.05, 4.69) is 10.5 Å². The summed E-state index contributed by atoms with van der Waals surface area (Å²) in [6.45, 7) is 1.76. The number of sulfonamides is 1. The Hall–Kier alpha value is -4.47. The number of hydrogen-bond acceptors (Lipinski definition) is 5. The van der Waals surface area contributed by atoms with Crippen LogP contribution in [0.15, 0.2) is 107 Å². The Morgan fingerprint density at radius 2 is 1.59 bits per heavy atom. The van der Waals surface area contributed by atoms with Crippen LogP contribution in [-0.4, -0.2) is 31.6 Å². The maximum Gasteiger partial charge on any atom is 0.336 e. The predicted molar refractivity (Wildman–Crippen MR) is 151 cm³/mol. The summed E-state index contributed by atoms with van der Waals surface area (Å²) in [7, 11) is -3.93. The monoisotopic (exact) mass is 561 g/mol. The number of carboxylic acid groups (broad SMARTS) is 1. The van der Waals surface area contributed by atoms with Gasteiger partial charge in [-0.1, -0.05) is 66.2 Å². The van der Waals surface area contributed by atoms with Crippen molar-refractivity contribution in [1.29, 1.82) is 0 Å². The van der Waals surface area contributed by atoms with Crippen LogP contribution in [0.5, 0.6) is 0 Å². The molecule has 0 spiro atoms. The number of hydrogen-bond donors (Lipinski definition) is 2. The van der Waals surface area contributed by atoms with Gasteiger partial charge in [-0.05, 0) is 60.5 Å². The van der Waals surface area contributed by atoms with Crippen molar-refractivity contribution in [3.8, 4) is 0 Å². The maximum absolute atomic E-state index is 13.6.